The zero-order valence-corrected chi connectivity index (χ0v) is 20.2. The van der Waals surface area contributed by atoms with E-state index in [1.807, 2.05) is 12.1 Å². The van der Waals surface area contributed by atoms with Crippen molar-refractivity contribution in [1.29, 1.82) is 0 Å². The first-order chi connectivity index (χ1) is 16.8. The van der Waals surface area contributed by atoms with E-state index in [1.165, 1.54) is 57.4 Å². The molecule has 0 unspecified atom stereocenters. The van der Waals surface area contributed by atoms with Crippen molar-refractivity contribution in [2.45, 2.75) is 77.3 Å². The molecule has 0 aliphatic heterocycles. The molecule has 0 atom stereocenters. The Balaban J connectivity index is 1.41. The molecule has 5 heteroatoms. The van der Waals surface area contributed by atoms with E-state index in [1.54, 1.807) is 12.1 Å². The van der Waals surface area contributed by atoms with Crippen LogP contribution >= 0.6 is 0 Å². The highest BCUT2D eigenvalue weighted by atomic mass is 19.4. The van der Waals surface area contributed by atoms with Crippen molar-refractivity contribution in [2.24, 2.45) is 11.8 Å². The van der Waals surface area contributed by atoms with Crippen LogP contribution in [0.5, 0.6) is 0 Å². The first-order valence-corrected chi connectivity index (χ1v) is 12.8. The lowest BCUT2D eigenvalue weighted by atomic mass is 9.77. The summed E-state index contributed by atoms with van der Waals surface area (Å²) < 4.78 is 67.8. The molecular weight excluding hydrogens is 455 g/mol. The summed E-state index contributed by atoms with van der Waals surface area (Å²) >= 11 is 0. The summed E-state index contributed by atoms with van der Waals surface area (Å²) in [6, 6.07) is 11.5. The molecule has 4 rings (SSSR count). The normalized spacial score (nSPS) is 18.8. The summed E-state index contributed by atoms with van der Waals surface area (Å²) in [5.41, 5.74) is -0.00907. The molecule has 1 fully saturated rings. The third-order valence-corrected chi connectivity index (χ3v) is 7.63. The van der Waals surface area contributed by atoms with Gasteiger partial charge in [-0.1, -0.05) is 94.7 Å². The number of aryl methyl sites for hydroxylation is 1. The predicted molar refractivity (Wildman–Crippen MR) is 132 cm³/mol. The van der Waals surface area contributed by atoms with E-state index in [-0.39, 0.29) is 11.1 Å². The van der Waals surface area contributed by atoms with E-state index < -0.39 is 23.4 Å². The second-order valence-corrected chi connectivity index (χ2v) is 10.1. The SMILES string of the molecule is CCCCC[C@H]1CC[C@H](CCc2ccc3c(F)c(-c4ccc(C(F)(F)F)c(F)c4)ccc3c2)CC1. The van der Waals surface area contributed by atoms with Crippen LogP contribution in [0.25, 0.3) is 21.9 Å². The van der Waals surface area contributed by atoms with Crippen molar-refractivity contribution >= 4 is 10.8 Å². The molecule has 188 valence electrons. The van der Waals surface area contributed by atoms with E-state index in [2.05, 4.69) is 6.92 Å². The van der Waals surface area contributed by atoms with Gasteiger partial charge in [-0.25, -0.2) is 8.78 Å². The average Bonchev–Trinajstić information content (AvgIpc) is 2.83. The first kappa shape index (κ1) is 25.7. The number of unbranched alkanes of at least 4 members (excludes halogenated alkanes) is 2. The van der Waals surface area contributed by atoms with Gasteiger partial charge in [0.15, 0.2) is 0 Å². The van der Waals surface area contributed by atoms with Crippen LogP contribution in [0.3, 0.4) is 0 Å². The minimum atomic E-state index is -4.78. The molecule has 3 aromatic rings. The lowest BCUT2D eigenvalue weighted by Gasteiger charge is -2.28. The van der Waals surface area contributed by atoms with Crippen LogP contribution in [0.15, 0.2) is 48.5 Å². The monoisotopic (exact) mass is 488 g/mol. The number of fused-ring (bicyclic) bond motifs is 1. The number of benzene rings is 3. The Morgan fingerprint density at radius 1 is 0.800 bits per heavy atom. The smallest absolute Gasteiger partial charge is 0.206 e. The molecule has 0 N–H and O–H groups in total. The van der Waals surface area contributed by atoms with E-state index in [0.29, 0.717) is 11.5 Å². The second-order valence-electron chi connectivity index (χ2n) is 10.1. The Labute approximate surface area is 204 Å². The van der Waals surface area contributed by atoms with Crippen molar-refractivity contribution in [1.82, 2.24) is 0 Å². The van der Waals surface area contributed by atoms with Gasteiger partial charge in [-0.05, 0) is 53.3 Å². The summed E-state index contributed by atoms with van der Waals surface area (Å²) in [5.74, 6) is -0.301. The highest BCUT2D eigenvalue weighted by Crippen LogP contribution is 2.37. The molecule has 1 saturated carbocycles. The van der Waals surface area contributed by atoms with Crippen molar-refractivity contribution in [2.75, 3.05) is 0 Å². The molecule has 0 heterocycles. The van der Waals surface area contributed by atoms with Crippen LogP contribution in [0.2, 0.25) is 0 Å². The van der Waals surface area contributed by atoms with Crippen LogP contribution in [0, 0.1) is 23.5 Å². The third kappa shape index (κ3) is 6.23. The van der Waals surface area contributed by atoms with Gasteiger partial charge in [0.1, 0.15) is 11.6 Å². The van der Waals surface area contributed by atoms with Crippen LogP contribution in [0.4, 0.5) is 22.0 Å². The Kier molecular flexibility index (Phi) is 8.13. The van der Waals surface area contributed by atoms with Crippen molar-refractivity contribution in [3.63, 3.8) is 0 Å². The average molecular weight is 489 g/mol. The molecule has 0 aromatic heterocycles. The Morgan fingerprint density at radius 2 is 1.51 bits per heavy atom. The topological polar surface area (TPSA) is 0 Å². The molecule has 0 bridgehead atoms. The second kappa shape index (κ2) is 11.1. The number of rotatable bonds is 8. The lowest BCUT2D eigenvalue weighted by Crippen LogP contribution is -2.15. The highest BCUT2D eigenvalue weighted by Gasteiger charge is 2.34. The lowest BCUT2D eigenvalue weighted by molar-refractivity contribution is -0.139. The van der Waals surface area contributed by atoms with Crippen molar-refractivity contribution in [3.05, 3.63) is 71.3 Å². The largest absolute Gasteiger partial charge is 0.419 e. The van der Waals surface area contributed by atoms with Gasteiger partial charge in [0.05, 0.1) is 5.56 Å². The minimum absolute atomic E-state index is 0.0873. The summed E-state index contributed by atoms with van der Waals surface area (Å²) in [6.45, 7) is 2.25. The third-order valence-electron chi connectivity index (χ3n) is 7.63. The summed E-state index contributed by atoms with van der Waals surface area (Å²) in [5, 5.41) is 1.13. The van der Waals surface area contributed by atoms with E-state index in [9.17, 15) is 17.6 Å². The molecule has 0 saturated heterocycles. The van der Waals surface area contributed by atoms with Gasteiger partial charge >= 0.3 is 6.18 Å². The summed E-state index contributed by atoms with van der Waals surface area (Å²) in [7, 11) is 0. The minimum Gasteiger partial charge on any atom is -0.206 e. The van der Waals surface area contributed by atoms with Crippen molar-refractivity contribution < 1.29 is 22.0 Å². The molecule has 0 amide bonds. The van der Waals surface area contributed by atoms with E-state index in [0.717, 1.165) is 47.8 Å². The van der Waals surface area contributed by atoms with Crippen molar-refractivity contribution in [3.8, 4) is 11.1 Å². The summed E-state index contributed by atoms with van der Waals surface area (Å²) in [6.07, 6.45) is 7.92. The van der Waals surface area contributed by atoms with Gasteiger partial charge in [0.25, 0.3) is 0 Å². The molecule has 0 spiro atoms. The predicted octanol–water partition coefficient (Wildman–Crippen LogP) is 10.1. The number of hydrogen-bond acceptors (Lipinski definition) is 0. The Bertz CT molecular complexity index is 1140. The fraction of sp³-hybridized carbons (Fsp3) is 0.467. The molecule has 1 aliphatic rings. The number of hydrogen-bond donors (Lipinski definition) is 0. The Morgan fingerprint density at radius 3 is 2.17 bits per heavy atom. The number of alkyl halides is 3. The fourth-order valence-corrected chi connectivity index (χ4v) is 5.49. The molecule has 0 nitrogen and oxygen atoms in total. The molecular formula is C30H33F5. The van der Waals surface area contributed by atoms with E-state index in [4.69, 9.17) is 0 Å². The maximum Gasteiger partial charge on any atom is 0.419 e. The van der Waals surface area contributed by atoms with Gasteiger partial charge in [-0.2, -0.15) is 13.2 Å². The van der Waals surface area contributed by atoms with Crippen LogP contribution in [0.1, 0.15) is 75.8 Å². The van der Waals surface area contributed by atoms with Crippen LogP contribution in [-0.2, 0) is 12.6 Å². The molecule has 0 radical (unpaired) electrons. The fourth-order valence-electron chi connectivity index (χ4n) is 5.49. The van der Waals surface area contributed by atoms with Gasteiger partial charge in [0.2, 0.25) is 0 Å². The van der Waals surface area contributed by atoms with Gasteiger partial charge < -0.3 is 0 Å². The zero-order chi connectivity index (χ0) is 25.0. The van der Waals surface area contributed by atoms with Gasteiger partial charge in [-0.15, -0.1) is 0 Å². The van der Waals surface area contributed by atoms with Crippen LogP contribution in [-0.4, -0.2) is 0 Å². The van der Waals surface area contributed by atoms with Crippen LogP contribution < -0.4 is 0 Å². The maximum atomic E-state index is 15.2. The maximum absolute atomic E-state index is 15.2. The van der Waals surface area contributed by atoms with Gasteiger partial charge in [-0.3, -0.25) is 0 Å². The summed E-state index contributed by atoms with van der Waals surface area (Å²) in [4.78, 5) is 0. The standard InChI is InChI=1S/C30H33F5/c1-2-3-4-5-20-6-8-21(9-7-20)10-11-22-12-15-25-23(18-22)13-16-26(29(25)32)24-14-17-27(28(31)19-24)30(33,34)35/h12-21H,2-11H2,1H3/t20-,21-. The number of halogens is 5. The first-order valence-electron chi connectivity index (χ1n) is 12.8. The van der Waals surface area contributed by atoms with E-state index >= 15 is 4.39 Å². The molecule has 1 aliphatic carbocycles. The van der Waals surface area contributed by atoms with Gasteiger partial charge in [0, 0.05) is 10.9 Å². The quantitative estimate of drug-likeness (QED) is 0.219. The molecule has 3 aromatic carbocycles. The zero-order valence-electron chi connectivity index (χ0n) is 20.2. The Hall–Kier alpha value is -2.43. The molecule has 35 heavy (non-hydrogen) atoms. The highest BCUT2D eigenvalue weighted by molar-refractivity contribution is 5.88.